The number of nitrogens with zero attached hydrogens (tertiary/aromatic N) is 1. The number of nitriles is 1. The molecular weight excluding hydrogens is 266 g/mol. The molecule has 2 aliphatic rings. The predicted octanol–water partition coefficient (Wildman–Crippen LogP) is 6.65. The molecule has 124 valence electrons. The zero-order valence-corrected chi connectivity index (χ0v) is 14.6. The lowest BCUT2D eigenvalue weighted by atomic mass is 9.75. The Balaban J connectivity index is 1.54. The Labute approximate surface area is 138 Å². The van der Waals surface area contributed by atoms with E-state index in [9.17, 15) is 0 Å². The molecule has 0 bridgehead atoms. The summed E-state index contributed by atoms with van der Waals surface area (Å²) in [7, 11) is 0. The van der Waals surface area contributed by atoms with Crippen molar-refractivity contribution in [3.8, 4) is 6.07 Å². The minimum absolute atomic E-state index is 0.369. The van der Waals surface area contributed by atoms with Gasteiger partial charge >= 0.3 is 0 Å². The lowest BCUT2D eigenvalue weighted by Gasteiger charge is -2.30. The molecule has 0 atom stereocenters. The summed E-state index contributed by atoms with van der Waals surface area (Å²) in [6.07, 6.45) is 22.4. The zero-order valence-electron chi connectivity index (χ0n) is 14.6. The van der Waals surface area contributed by atoms with Crippen molar-refractivity contribution in [1.29, 1.82) is 5.26 Å². The van der Waals surface area contributed by atoms with E-state index >= 15 is 0 Å². The van der Waals surface area contributed by atoms with Gasteiger partial charge in [0.15, 0.2) is 0 Å². The third-order valence-electron chi connectivity index (χ3n) is 6.12. The van der Waals surface area contributed by atoms with Crippen molar-refractivity contribution in [2.75, 3.05) is 0 Å². The van der Waals surface area contributed by atoms with Crippen LogP contribution in [0.1, 0.15) is 90.4 Å². The van der Waals surface area contributed by atoms with Crippen LogP contribution in [0, 0.1) is 35.0 Å². The van der Waals surface area contributed by atoms with Gasteiger partial charge < -0.3 is 0 Å². The van der Waals surface area contributed by atoms with Gasteiger partial charge in [-0.3, -0.25) is 0 Å². The molecule has 2 rings (SSSR count). The van der Waals surface area contributed by atoms with E-state index in [-0.39, 0.29) is 0 Å². The molecule has 0 radical (unpaired) electrons. The minimum atomic E-state index is 0.369. The molecule has 0 aromatic carbocycles. The number of hydrogen-bond acceptors (Lipinski definition) is 1. The summed E-state index contributed by atoms with van der Waals surface area (Å²) >= 11 is 0. The molecule has 22 heavy (non-hydrogen) atoms. The molecule has 0 amide bonds. The molecule has 1 nitrogen and oxygen atoms in total. The molecule has 0 aromatic heterocycles. The van der Waals surface area contributed by atoms with E-state index < -0.39 is 0 Å². The van der Waals surface area contributed by atoms with Gasteiger partial charge in [0.25, 0.3) is 0 Å². The second kappa shape index (κ2) is 10.1. The highest BCUT2D eigenvalue weighted by atomic mass is 14.3. The topological polar surface area (TPSA) is 23.8 Å². The molecule has 0 saturated heterocycles. The average Bonchev–Trinajstić information content (AvgIpc) is 2.58. The fraction of sp³-hybridized carbons (Fsp3) is 0.857. The Bertz CT molecular complexity index is 349. The Morgan fingerprint density at radius 1 is 0.773 bits per heavy atom. The number of allylic oxidation sites excluding steroid dienone is 2. The van der Waals surface area contributed by atoms with Crippen molar-refractivity contribution in [3.05, 3.63) is 12.2 Å². The van der Waals surface area contributed by atoms with Crippen molar-refractivity contribution in [3.63, 3.8) is 0 Å². The predicted molar refractivity (Wildman–Crippen MR) is 94.4 cm³/mol. The summed E-state index contributed by atoms with van der Waals surface area (Å²) in [5, 5.41) is 8.97. The Morgan fingerprint density at radius 3 is 1.77 bits per heavy atom. The molecule has 1 heteroatoms. The van der Waals surface area contributed by atoms with Gasteiger partial charge in [0.2, 0.25) is 0 Å². The van der Waals surface area contributed by atoms with Gasteiger partial charge in [-0.25, -0.2) is 0 Å². The lowest BCUT2D eigenvalue weighted by molar-refractivity contribution is 0.223. The zero-order chi connectivity index (χ0) is 15.6. The third-order valence-corrected chi connectivity index (χ3v) is 6.12. The first kappa shape index (κ1) is 17.6. The minimum Gasteiger partial charge on any atom is -0.198 e. The molecule has 0 heterocycles. The first-order chi connectivity index (χ1) is 10.8. The standard InChI is InChI=1S/C21H35N/c1-2-3-4-5-6-18-7-9-19(10-8-18)11-12-20-13-15-21(17-22)16-14-20/h3-4,18-21H,2,5-16H2,1H3/b4-3+/t18-,19-,20-,21-. The van der Waals surface area contributed by atoms with E-state index in [4.69, 9.17) is 5.26 Å². The smallest absolute Gasteiger partial charge is 0.0655 e. The van der Waals surface area contributed by atoms with Gasteiger partial charge in [-0.1, -0.05) is 57.6 Å². The van der Waals surface area contributed by atoms with E-state index in [2.05, 4.69) is 25.1 Å². The fourth-order valence-corrected chi connectivity index (χ4v) is 4.48. The van der Waals surface area contributed by atoms with Crippen molar-refractivity contribution in [2.24, 2.45) is 23.7 Å². The Hall–Kier alpha value is -0.770. The van der Waals surface area contributed by atoms with Crippen molar-refractivity contribution in [1.82, 2.24) is 0 Å². The van der Waals surface area contributed by atoms with Crippen LogP contribution in [-0.4, -0.2) is 0 Å². The summed E-state index contributed by atoms with van der Waals surface area (Å²) < 4.78 is 0. The molecule has 0 aromatic rings. The molecule has 2 aliphatic carbocycles. The van der Waals surface area contributed by atoms with E-state index in [1.165, 1.54) is 83.5 Å². The molecule has 0 aliphatic heterocycles. The van der Waals surface area contributed by atoms with E-state index in [0.29, 0.717) is 5.92 Å². The van der Waals surface area contributed by atoms with E-state index in [1.807, 2.05) is 0 Å². The van der Waals surface area contributed by atoms with Crippen LogP contribution >= 0.6 is 0 Å². The monoisotopic (exact) mass is 301 g/mol. The van der Waals surface area contributed by atoms with Crippen LogP contribution in [0.3, 0.4) is 0 Å². The number of hydrogen-bond donors (Lipinski definition) is 0. The second-order valence-corrected chi connectivity index (χ2v) is 7.77. The summed E-state index contributed by atoms with van der Waals surface area (Å²) in [5.74, 6) is 3.31. The quantitative estimate of drug-likeness (QED) is 0.483. The Morgan fingerprint density at radius 2 is 1.27 bits per heavy atom. The van der Waals surface area contributed by atoms with Gasteiger partial charge in [-0.2, -0.15) is 5.26 Å². The van der Waals surface area contributed by atoms with E-state index in [1.54, 1.807) is 0 Å². The average molecular weight is 302 g/mol. The molecule has 0 N–H and O–H groups in total. The Kier molecular flexibility index (Phi) is 8.06. The molecular formula is C21H35N. The normalized spacial score (nSPS) is 32.9. The summed E-state index contributed by atoms with van der Waals surface area (Å²) in [5.41, 5.74) is 0. The van der Waals surface area contributed by atoms with Gasteiger partial charge in [-0.15, -0.1) is 0 Å². The van der Waals surface area contributed by atoms with Crippen molar-refractivity contribution >= 4 is 0 Å². The van der Waals surface area contributed by atoms with Gasteiger partial charge in [0, 0.05) is 5.92 Å². The largest absolute Gasteiger partial charge is 0.198 e. The second-order valence-electron chi connectivity index (χ2n) is 7.77. The van der Waals surface area contributed by atoms with E-state index in [0.717, 1.165) is 17.8 Å². The highest BCUT2D eigenvalue weighted by Crippen LogP contribution is 2.37. The van der Waals surface area contributed by atoms with Gasteiger partial charge in [0.05, 0.1) is 6.07 Å². The fourth-order valence-electron chi connectivity index (χ4n) is 4.48. The lowest BCUT2D eigenvalue weighted by Crippen LogP contribution is -2.17. The van der Waals surface area contributed by atoms with Crippen LogP contribution in [0.2, 0.25) is 0 Å². The number of rotatable bonds is 7. The summed E-state index contributed by atoms with van der Waals surface area (Å²) in [4.78, 5) is 0. The van der Waals surface area contributed by atoms with Crippen molar-refractivity contribution < 1.29 is 0 Å². The highest BCUT2D eigenvalue weighted by Gasteiger charge is 2.24. The molecule has 0 unspecified atom stereocenters. The molecule has 2 saturated carbocycles. The van der Waals surface area contributed by atoms with Crippen LogP contribution in [0.4, 0.5) is 0 Å². The highest BCUT2D eigenvalue weighted by molar-refractivity contribution is 4.87. The molecule has 2 fully saturated rings. The van der Waals surface area contributed by atoms with Gasteiger partial charge in [-0.05, 0) is 62.7 Å². The van der Waals surface area contributed by atoms with Crippen LogP contribution < -0.4 is 0 Å². The maximum absolute atomic E-state index is 8.97. The van der Waals surface area contributed by atoms with Crippen LogP contribution in [-0.2, 0) is 0 Å². The summed E-state index contributed by atoms with van der Waals surface area (Å²) in [6, 6.07) is 2.45. The van der Waals surface area contributed by atoms with Crippen LogP contribution in [0.5, 0.6) is 0 Å². The van der Waals surface area contributed by atoms with Crippen LogP contribution in [0.15, 0.2) is 12.2 Å². The summed E-state index contributed by atoms with van der Waals surface area (Å²) in [6.45, 7) is 2.22. The molecule has 0 spiro atoms. The van der Waals surface area contributed by atoms with Crippen LogP contribution in [0.25, 0.3) is 0 Å². The first-order valence-electron chi connectivity index (χ1n) is 9.86. The SMILES string of the molecule is CC/C=C/CC[C@H]1CC[C@H](CC[C@H]2CC[C@H](C#N)CC2)CC1. The first-order valence-corrected chi connectivity index (χ1v) is 9.86. The maximum atomic E-state index is 8.97. The third kappa shape index (κ3) is 6.15. The van der Waals surface area contributed by atoms with Gasteiger partial charge in [0.1, 0.15) is 0 Å². The van der Waals surface area contributed by atoms with Crippen molar-refractivity contribution in [2.45, 2.75) is 90.4 Å². The maximum Gasteiger partial charge on any atom is 0.0655 e.